The predicted molar refractivity (Wildman–Crippen MR) is 92.9 cm³/mol. The molecular formula is C7H23NO16P4. The van der Waals surface area contributed by atoms with E-state index in [4.69, 9.17) is 64.2 Å². The van der Waals surface area contributed by atoms with Gasteiger partial charge >= 0.3 is 43.6 Å². The average Bonchev–Trinajstić information content (AvgIpc) is 2.33. The maximum absolute atomic E-state index is 10.9. The number of carboxylic acids is 2. The molecular weight excluding hydrogens is 478 g/mol. The van der Waals surface area contributed by atoms with Crippen molar-refractivity contribution in [3.05, 3.63) is 0 Å². The second kappa shape index (κ2) is 17.4. The molecule has 0 spiro atoms. The van der Waals surface area contributed by atoms with Gasteiger partial charge in [0.15, 0.2) is 5.40 Å². The van der Waals surface area contributed by atoms with E-state index in [-0.39, 0.29) is 0 Å². The molecule has 28 heavy (non-hydrogen) atoms. The lowest BCUT2D eigenvalue weighted by Crippen LogP contribution is -2.30. The highest BCUT2D eigenvalue weighted by molar-refractivity contribution is 7.71. The number of hydrogen-bond donors (Lipinski definition) is 11. The van der Waals surface area contributed by atoms with Crippen LogP contribution in [0.4, 0.5) is 0 Å². The third kappa shape index (κ3) is 27.7. The minimum absolute atomic E-state index is 0.750. The van der Waals surface area contributed by atoms with Crippen LogP contribution in [0.1, 0.15) is 13.3 Å². The molecule has 0 radical (unpaired) electrons. The first-order valence-electron chi connectivity index (χ1n) is 6.34. The molecule has 0 aromatic carbocycles. The Kier molecular flexibility index (Phi) is 21.7. The van der Waals surface area contributed by atoms with E-state index in [0.29, 0.717) is 0 Å². The van der Waals surface area contributed by atoms with Crippen molar-refractivity contribution < 1.29 is 77.2 Å². The van der Waals surface area contributed by atoms with E-state index in [2.05, 4.69) is 0 Å². The van der Waals surface area contributed by atoms with Gasteiger partial charge in [-0.3, -0.25) is 27.8 Å². The van der Waals surface area contributed by atoms with Crippen molar-refractivity contribution in [1.29, 1.82) is 0 Å². The normalized spacial score (nSPS) is 12.0. The Balaban J connectivity index is -0.000000214. The lowest BCUT2D eigenvalue weighted by molar-refractivity contribution is -0.148. The molecule has 0 bridgehead atoms. The van der Waals surface area contributed by atoms with E-state index in [1.165, 1.54) is 0 Å². The lowest BCUT2D eigenvalue weighted by atomic mass is 10.1. The Morgan fingerprint density at radius 1 is 0.893 bits per heavy atom. The molecule has 12 N–H and O–H groups in total. The van der Waals surface area contributed by atoms with Crippen LogP contribution in [0.15, 0.2) is 0 Å². The second-order valence-corrected chi connectivity index (χ2v) is 9.11. The second-order valence-electron chi connectivity index (χ2n) is 4.11. The molecule has 0 aromatic rings. The van der Waals surface area contributed by atoms with Crippen LogP contribution in [0.2, 0.25) is 0 Å². The fraction of sp³-hybridized carbons (Fsp3) is 0.714. The van der Waals surface area contributed by atoms with E-state index in [1.807, 2.05) is 6.92 Å². The molecule has 0 aliphatic heterocycles. The molecule has 1 atom stereocenters. The van der Waals surface area contributed by atoms with Crippen molar-refractivity contribution in [2.45, 2.75) is 18.7 Å². The van der Waals surface area contributed by atoms with Crippen molar-refractivity contribution in [2.75, 3.05) is 6.54 Å². The van der Waals surface area contributed by atoms with Crippen LogP contribution in [0, 0.1) is 5.92 Å². The standard InChI is InChI=1S/C5H10O10P2.C2H7N.2H3O3P/c6-3(7)1-2(4(8)9)5(16(10,11)12)17(13,14)15;1-2-3;2*1-4(2)3/h2,5H,1H2,(H,6,7)(H,8,9)(H2,10,11,12)(H2,13,14,15);2-3H2,1H3;2*4H,(H2,1,2,3). The molecule has 0 amide bonds. The average molecular weight is 501 g/mol. The van der Waals surface area contributed by atoms with Crippen molar-refractivity contribution in [2.24, 2.45) is 11.7 Å². The Labute approximate surface area is 158 Å². The van der Waals surface area contributed by atoms with E-state index in [9.17, 15) is 18.7 Å². The first-order chi connectivity index (χ1) is 12.2. The summed E-state index contributed by atoms with van der Waals surface area (Å²) in [6.07, 6.45) is -1.31. The van der Waals surface area contributed by atoms with Crippen LogP contribution in [-0.2, 0) is 27.8 Å². The zero-order valence-electron chi connectivity index (χ0n) is 14.0. The largest absolute Gasteiger partial charge is 0.481 e. The van der Waals surface area contributed by atoms with Gasteiger partial charge in [0.1, 0.15) is 0 Å². The third-order valence-corrected chi connectivity index (χ3v) is 5.66. The van der Waals surface area contributed by atoms with Crippen LogP contribution in [0.5, 0.6) is 0 Å². The fourth-order valence-corrected chi connectivity index (χ4v) is 4.14. The van der Waals surface area contributed by atoms with E-state index in [1.54, 1.807) is 0 Å². The smallest absolute Gasteiger partial charge is 0.341 e. The molecule has 0 heterocycles. The number of carboxylic acid groups (broad SMARTS) is 2. The quantitative estimate of drug-likeness (QED) is 0.168. The SMILES string of the molecule is CCN.O=C(O)CC(C(=O)O)C(P(=O)(O)O)P(=O)(O)O.O=[PH](O)O.O=[PH](O)O. The Morgan fingerprint density at radius 3 is 1.21 bits per heavy atom. The number of hydrogen-bond acceptors (Lipinski definition) is 7. The summed E-state index contributed by atoms with van der Waals surface area (Å²) in [4.78, 5) is 84.4. The zero-order valence-corrected chi connectivity index (χ0v) is 17.8. The minimum Gasteiger partial charge on any atom is -0.481 e. The molecule has 1 unspecified atom stereocenters. The molecule has 0 saturated carbocycles. The van der Waals surface area contributed by atoms with Crippen LogP contribution in [0.25, 0.3) is 0 Å². The molecule has 0 aromatic heterocycles. The topological polar surface area (TPSA) is 331 Å². The van der Waals surface area contributed by atoms with E-state index < -0.39 is 61.4 Å². The number of rotatable bonds is 6. The highest BCUT2D eigenvalue weighted by Gasteiger charge is 2.52. The van der Waals surface area contributed by atoms with Crippen LogP contribution >= 0.6 is 31.7 Å². The van der Waals surface area contributed by atoms with Gasteiger partial charge in [-0.1, -0.05) is 6.92 Å². The van der Waals surface area contributed by atoms with Gasteiger partial charge in [0, 0.05) is 0 Å². The lowest BCUT2D eigenvalue weighted by Gasteiger charge is -2.24. The number of carbonyl (C=O) groups is 2. The van der Waals surface area contributed by atoms with Crippen molar-refractivity contribution in [1.82, 2.24) is 0 Å². The summed E-state index contributed by atoms with van der Waals surface area (Å²) in [7, 11) is -17.2. The summed E-state index contributed by atoms with van der Waals surface area (Å²) in [5, 5.41) is 14.0. The Bertz CT molecular complexity index is 554. The summed E-state index contributed by atoms with van der Waals surface area (Å²) in [6, 6.07) is 0. The zero-order chi connectivity index (χ0) is 23.9. The summed E-state index contributed by atoms with van der Waals surface area (Å²) in [6.45, 7) is 2.65. The van der Waals surface area contributed by atoms with Gasteiger partial charge in [0.05, 0.1) is 12.3 Å². The Morgan fingerprint density at radius 2 is 1.11 bits per heavy atom. The van der Waals surface area contributed by atoms with Gasteiger partial charge in [-0.2, -0.15) is 0 Å². The van der Waals surface area contributed by atoms with Crippen molar-refractivity contribution in [3.8, 4) is 0 Å². The number of nitrogens with two attached hydrogens (primary N) is 1. The molecule has 0 rings (SSSR count). The van der Waals surface area contributed by atoms with Crippen LogP contribution in [-0.4, -0.2) is 73.2 Å². The van der Waals surface area contributed by atoms with Crippen LogP contribution < -0.4 is 5.73 Å². The van der Waals surface area contributed by atoms with Crippen LogP contribution in [0.3, 0.4) is 0 Å². The summed E-state index contributed by atoms with van der Waals surface area (Å²) in [5.74, 6) is -6.14. The molecule has 17 nitrogen and oxygen atoms in total. The van der Waals surface area contributed by atoms with Gasteiger partial charge in [0.25, 0.3) is 0 Å². The molecule has 21 heteroatoms. The number of aliphatic carboxylic acids is 2. The molecule has 0 aliphatic carbocycles. The molecule has 0 saturated heterocycles. The van der Waals surface area contributed by atoms with Gasteiger partial charge in [0.2, 0.25) is 0 Å². The highest BCUT2D eigenvalue weighted by Crippen LogP contribution is 2.63. The Hall–Kier alpha value is -0.500. The summed E-state index contributed by atoms with van der Waals surface area (Å²) < 4.78 is 39.2. The first kappa shape index (κ1) is 35.0. The monoisotopic (exact) mass is 501 g/mol. The summed E-state index contributed by atoms with van der Waals surface area (Å²) in [5.41, 5.74) is 4.85. The molecule has 0 fully saturated rings. The maximum atomic E-state index is 10.9. The first-order valence-corrected chi connectivity index (χ1v) is 12.3. The van der Waals surface area contributed by atoms with Gasteiger partial charge in [-0.15, -0.1) is 0 Å². The van der Waals surface area contributed by atoms with Gasteiger partial charge < -0.3 is 55.1 Å². The summed E-state index contributed by atoms with van der Waals surface area (Å²) >= 11 is 0. The predicted octanol–water partition coefficient (Wildman–Crippen LogP) is -2.47. The van der Waals surface area contributed by atoms with Crippen molar-refractivity contribution in [3.63, 3.8) is 0 Å². The highest BCUT2D eigenvalue weighted by atomic mass is 31.2. The fourth-order valence-electron chi connectivity index (χ4n) is 1.17. The maximum Gasteiger partial charge on any atom is 0.341 e. The molecule has 0 aliphatic rings. The minimum atomic E-state index is -5.47. The van der Waals surface area contributed by atoms with Gasteiger partial charge in [-0.25, -0.2) is 0 Å². The van der Waals surface area contributed by atoms with E-state index >= 15 is 0 Å². The molecule has 172 valence electrons. The van der Waals surface area contributed by atoms with Gasteiger partial charge in [-0.05, 0) is 6.54 Å². The third-order valence-electron chi connectivity index (χ3n) is 1.76. The van der Waals surface area contributed by atoms with Crippen molar-refractivity contribution >= 4 is 43.6 Å². The van der Waals surface area contributed by atoms with E-state index in [0.717, 1.165) is 6.54 Å².